The zero-order valence-corrected chi connectivity index (χ0v) is 16.3. The van der Waals surface area contributed by atoms with Gasteiger partial charge in [-0.1, -0.05) is 25.0 Å². The minimum atomic E-state index is -0.123. The molecule has 1 amide bonds. The number of rotatable bonds is 3. The van der Waals surface area contributed by atoms with Crippen LogP contribution >= 0.6 is 11.3 Å². The normalized spacial score (nSPS) is 22.1. The van der Waals surface area contributed by atoms with Gasteiger partial charge in [0.25, 0.3) is 5.91 Å². The molecule has 0 radical (unpaired) electrons. The Balaban J connectivity index is 1.60. The summed E-state index contributed by atoms with van der Waals surface area (Å²) in [5, 5.41) is 8.04. The number of carbonyl (C=O) groups excluding carboxylic acids is 1. The molecule has 142 valence electrons. The third-order valence-electron chi connectivity index (χ3n) is 5.24. The highest BCUT2D eigenvalue weighted by Gasteiger charge is 2.26. The van der Waals surface area contributed by atoms with Crippen molar-refractivity contribution in [3.8, 4) is 11.3 Å². The molecule has 4 rings (SSSR count). The van der Waals surface area contributed by atoms with Gasteiger partial charge in [0, 0.05) is 28.7 Å². The summed E-state index contributed by atoms with van der Waals surface area (Å²) < 4.78 is 1.87. The summed E-state index contributed by atoms with van der Waals surface area (Å²) in [6, 6.07) is 0.0821. The number of carbonyl (C=O) groups is 1. The van der Waals surface area contributed by atoms with Crippen molar-refractivity contribution >= 4 is 29.5 Å². The number of fused-ring (bicyclic) bond motifs is 1. The van der Waals surface area contributed by atoms with Gasteiger partial charge in [-0.05, 0) is 38.7 Å². The first-order chi connectivity index (χ1) is 13.1. The van der Waals surface area contributed by atoms with E-state index in [0.717, 1.165) is 60.4 Å². The van der Waals surface area contributed by atoms with Crippen LogP contribution in [0.25, 0.3) is 23.5 Å². The number of amides is 1. The Morgan fingerprint density at radius 2 is 2.11 bits per heavy atom. The quantitative estimate of drug-likeness (QED) is 0.848. The van der Waals surface area contributed by atoms with E-state index in [4.69, 9.17) is 5.73 Å². The lowest BCUT2D eigenvalue weighted by Gasteiger charge is -2.28. The Labute approximate surface area is 163 Å². The molecule has 3 heterocycles. The Kier molecular flexibility index (Phi) is 5.22. The molecule has 1 saturated carbocycles. The van der Waals surface area contributed by atoms with Crippen molar-refractivity contribution in [1.82, 2.24) is 20.1 Å². The summed E-state index contributed by atoms with van der Waals surface area (Å²) in [6.45, 7) is 2.00. The highest BCUT2D eigenvalue weighted by atomic mass is 32.1. The highest BCUT2D eigenvalue weighted by molar-refractivity contribution is 7.14. The lowest BCUT2D eigenvalue weighted by Crippen LogP contribution is -2.49. The van der Waals surface area contributed by atoms with E-state index in [1.165, 1.54) is 11.3 Å². The molecule has 0 bridgehead atoms. The molecular formula is C20H25N5OS. The van der Waals surface area contributed by atoms with Crippen LogP contribution in [-0.2, 0) is 0 Å². The van der Waals surface area contributed by atoms with Crippen molar-refractivity contribution in [2.45, 2.75) is 57.5 Å². The zero-order chi connectivity index (χ0) is 18.8. The molecule has 2 aromatic heterocycles. The molecule has 2 aromatic rings. The molecule has 1 fully saturated rings. The van der Waals surface area contributed by atoms with Gasteiger partial charge in [-0.15, -0.1) is 11.3 Å². The fourth-order valence-electron chi connectivity index (χ4n) is 3.71. The van der Waals surface area contributed by atoms with Crippen molar-refractivity contribution in [3.63, 3.8) is 0 Å². The fourth-order valence-corrected chi connectivity index (χ4v) is 4.54. The van der Waals surface area contributed by atoms with E-state index in [-0.39, 0.29) is 18.0 Å². The second-order valence-corrected chi connectivity index (χ2v) is 8.41. The van der Waals surface area contributed by atoms with E-state index in [1.807, 2.05) is 24.0 Å². The summed E-state index contributed by atoms with van der Waals surface area (Å²) >= 11 is 1.43. The number of nitrogens with zero attached hydrogens (tertiary/aromatic N) is 3. The molecule has 27 heavy (non-hydrogen) atoms. The summed E-state index contributed by atoms with van der Waals surface area (Å²) in [4.78, 5) is 18.4. The molecule has 0 spiro atoms. The SMILES string of the molecule is Cc1sc(C(=O)NC2CCCCC2N)nc1-c1cnn2c1C=CCCC=C2. The van der Waals surface area contributed by atoms with Gasteiger partial charge in [0.2, 0.25) is 0 Å². The highest BCUT2D eigenvalue weighted by Crippen LogP contribution is 2.31. The molecule has 0 aromatic carbocycles. The Bertz CT molecular complexity index is 894. The van der Waals surface area contributed by atoms with Crippen molar-refractivity contribution < 1.29 is 4.79 Å². The van der Waals surface area contributed by atoms with E-state index in [0.29, 0.717) is 5.01 Å². The number of thiazole rings is 1. The van der Waals surface area contributed by atoms with Gasteiger partial charge in [-0.25, -0.2) is 9.67 Å². The average Bonchev–Trinajstić information content (AvgIpc) is 3.19. The number of hydrogen-bond donors (Lipinski definition) is 2. The topological polar surface area (TPSA) is 85.8 Å². The average molecular weight is 384 g/mol. The Morgan fingerprint density at radius 3 is 2.96 bits per heavy atom. The number of nitrogens with one attached hydrogen (secondary N) is 1. The Hall–Kier alpha value is -2.25. The first kappa shape index (κ1) is 18.1. The van der Waals surface area contributed by atoms with Crippen LogP contribution in [0, 0.1) is 6.92 Å². The number of hydrogen-bond acceptors (Lipinski definition) is 5. The predicted octanol–water partition coefficient (Wildman–Crippen LogP) is 3.59. The van der Waals surface area contributed by atoms with Gasteiger partial charge in [-0.3, -0.25) is 4.79 Å². The Morgan fingerprint density at radius 1 is 1.30 bits per heavy atom. The van der Waals surface area contributed by atoms with E-state index in [2.05, 4.69) is 33.6 Å². The number of nitrogens with two attached hydrogens (primary N) is 1. The van der Waals surface area contributed by atoms with Crippen molar-refractivity contribution in [2.24, 2.45) is 5.73 Å². The lowest BCUT2D eigenvalue weighted by molar-refractivity contribution is 0.0921. The molecule has 6 nitrogen and oxygen atoms in total. The van der Waals surface area contributed by atoms with Crippen LogP contribution in [0.3, 0.4) is 0 Å². The van der Waals surface area contributed by atoms with Gasteiger partial charge in [0.05, 0.1) is 17.6 Å². The summed E-state index contributed by atoms with van der Waals surface area (Å²) in [5.41, 5.74) is 8.95. The fraction of sp³-hybridized carbons (Fsp3) is 0.450. The standard InChI is InChI=1S/C20H25N5OS/c1-13-18(14-12-22-25-11-7-3-2-4-10-17(14)25)24-20(27-13)19(26)23-16-9-6-5-8-15(16)21/h4,7,10-12,15-16H,2-3,5-6,8-9,21H2,1H3,(H,23,26). The summed E-state index contributed by atoms with van der Waals surface area (Å²) in [5.74, 6) is -0.123. The van der Waals surface area contributed by atoms with Crippen LogP contribution in [0.15, 0.2) is 18.3 Å². The lowest BCUT2D eigenvalue weighted by atomic mass is 9.91. The van der Waals surface area contributed by atoms with Crippen molar-refractivity contribution in [3.05, 3.63) is 33.9 Å². The number of aromatic nitrogens is 3. The van der Waals surface area contributed by atoms with Crippen LogP contribution in [0.4, 0.5) is 0 Å². The maximum absolute atomic E-state index is 12.7. The van der Waals surface area contributed by atoms with Crippen LogP contribution < -0.4 is 11.1 Å². The maximum atomic E-state index is 12.7. The zero-order valence-electron chi connectivity index (χ0n) is 15.5. The second kappa shape index (κ2) is 7.78. The minimum absolute atomic E-state index is 0.0375. The van der Waals surface area contributed by atoms with E-state index in [9.17, 15) is 4.79 Å². The number of allylic oxidation sites excluding steroid dienone is 2. The van der Waals surface area contributed by atoms with E-state index >= 15 is 0 Å². The first-order valence-corrected chi connectivity index (χ1v) is 10.4. The van der Waals surface area contributed by atoms with Gasteiger partial charge in [0.15, 0.2) is 5.01 Å². The van der Waals surface area contributed by atoms with Gasteiger partial charge < -0.3 is 11.1 Å². The van der Waals surface area contributed by atoms with E-state index < -0.39 is 0 Å². The molecule has 2 unspecified atom stereocenters. The van der Waals surface area contributed by atoms with Gasteiger partial charge >= 0.3 is 0 Å². The molecule has 3 N–H and O–H groups in total. The van der Waals surface area contributed by atoms with Crippen molar-refractivity contribution in [1.29, 1.82) is 0 Å². The molecule has 0 saturated heterocycles. The second-order valence-electron chi connectivity index (χ2n) is 7.20. The molecule has 1 aliphatic carbocycles. The molecular weight excluding hydrogens is 358 g/mol. The van der Waals surface area contributed by atoms with Crippen LogP contribution in [0.1, 0.15) is 58.9 Å². The summed E-state index contributed by atoms with van der Waals surface area (Å²) in [6.07, 6.45) is 16.4. The monoisotopic (exact) mass is 383 g/mol. The van der Waals surface area contributed by atoms with Crippen molar-refractivity contribution in [2.75, 3.05) is 0 Å². The van der Waals surface area contributed by atoms with Crippen LogP contribution in [0.5, 0.6) is 0 Å². The third-order valence-corrected chi connectivity index (χ3v) is 6.21. The molecule has 1 aliphatic heterocycles. The predicted molar refractivity (Wildman–Crippen MR) is 109 cm³/mol. The van der Waals surface area contributed by atoms with Crippen LogP contribution in [-0.4, -0.2) is 32.8 Å². The van der Waals surface area contributed by atoms with Gasteiger partial charge in [0.1, 0.15) is 0 Å². The van der Waals surface area contributed by atoms with E-state index in [1.54, 1.807) is 0 Å². The molecule has 2 atom stereocenters. The smallest absolute Gasteiger partial charge is 0.280 e. The maximum Gasteiger partial charge on any atom is 0.280 e. The largest absolute Gasteiger partial charge is 0.346 e. The van der Waals surface area contributed by atoms with Gasteiger partial charge in [-0.2, -0.15) is 5.10 Å². The first-order valence-electron chi connectivity index (χ1n) is 9.58. The van der Waals surface area contributed by atoms with Crippen LogP contribution in [0.2, 0.25) is 0 Å². The third kappa shape index (κ3) is 3.75. The molecule has 2 aliphatic rings. The number of aryl methyl sites for hydroxylation is 1. The molecule has 7 heteroatoms. The minimum Gasteiger partial charge on any atom is -0.346 e. The summed E-state index contributed by atoms with van der Waals surface area (Å²) in [7, 11) is 0.